The van der Waals surface area contributed by atoms with Gasteiger partial charge in [-0.1, -0.05) is 12.1 Å². The lowest BCUT2D eigenvalue weighted by molar-refractivity contribution is 0.586. The number of halogens is 1. The van der Waals surface area contributed by atoms with Crippen molar-refractivity contribution in [1.82, 2.24) is 0 Å². The maximum atomic E-state index is 12.7. The van der Waals surface area contributed by atoms with E-state index in [-0.39, 0.29) is 0 Å². The summed E-state index contributed by atoms with van der Waals surface area (Å²) in [5.41, 5.74) is 0.363. The smallest absolute Gasteiger partial charge is 0.215 e. The van der Waals surface area contributed by atoms with Crippen LogP contribution in [-0.4, -0.2) is 8.42 Å². The Kier molecular flexibility index (Phi) is 2.68. The quantitative estimate of drug-likeness (QED) is 0.784. The number of nitrogens with two attached hydrogens (primary N) is 1. The molecule has 0 aliphatic rings. The number of primary sulfonamides is 1. The molecule has 0 saturated carbocycles. The fourth-order valence-corrected chi connectivity index (χ4v) is 1.48. The second-order valence-corrected chi connectivity index (χ2v) is 4.67. The molecule has 3 nitrogen and oxygen atoms in total. The van der Waals surface area contributed by atoms with Gasteiger partial charge in [-0.3, -0.25) is 0 Å². The Hall–Kier alpha value is -0.940. The summed E-state index contributed by atoms with van der Waals surface area (Å²) in [6.07, 6.45) is 0. The molecule has 0 bridgehead atoms. The summed E-state index contributed by atoms with van der Waals surface area (Å²) in [6.45, 7) is 1.42. The number of benzene rings is 1. The second-order valence-electron chi connectivity index (χ2n) is 2.79. The Morgan fingerprint density at radius 2 is 2.08 bits per heavy atom. The van der Waals surface area contributed by atoms with Gasteiger partial charge in [-0.2, -0.15) is 0 Å². The third-order valence-corrected chi connectivity index (χ3v) is 3.07. The van der Waals surface area contributed by atoms with Crippen LogP contribution >= 0.6 is 0 Å². The van der Waals surface area contributed by atoms with Gasteiger partial charge in [0.1, 0.15) is 5.82 Å². The molecule has 0 fully saturated rings. The van der Waals surface area contributed by atoms with Crippen LogP contribution in [0, 0.1) is 5.82 Å². The summed E-state index contributed by atoms with van der Waals surface area (Å²) in [5, 5.41) is 4.04. The van der Waals surface area contributed by atoms with Crippen LogP contribution in [0.5, 0.6) is 0 Å². The summed E-state index contributed by atoms with van der Waals surface area (Å²) in [6, 6.07) is 5.39. The van der Waals surface area contributed by atoms with Crippen molar-refractivity contribution >= 4 is 10.0 Å². The zero-order chi connectivity index (χ0) is 10.1. The van der Waals surface area contributed by atoms with Crippen molar-refractivity contribution in [3.63, 3.8) is 0 Å². The molecule has 0 aliphatic carbocycles. The first kappa shape index (κ1) is 10.1. The van der Waals surface area contributed by atoms with Crippen molar-refractivity contribution in [3.05, 3.63) is 35.6 Å². The van der Waals surface area contributed by atoms with Gasteiger partial charge in [-0.05, 0) is 24.6 Å². The Balaban J connectivity index is 3.10. The predicted molar refractivity (Wildman–Crippen MR) is 47.9 cm³/mol. The normalized spacial score (nSPS) is 14.1. The van der Waals surface area contributed by atoms with Crippen LogP contribution < -0.4 is 5.14 Å². The minimum Gasteiger partial charge on any atom is -0.228 e. The molecule has 0 amide bonds. The summed E-state index contributed by atoms with van der Waals surface area (Å²) < 4.78 is 34.5. The van der Waals surface area contributed by atoms with E-state index in [2.05, 4.69) is 0 Å². The van der Waals surface area contributed by atoms with Crippen molar-refractivity contribution in [2.45, 2.75) is 12.2 Å². The number of rotatable bonds is 2. The Morgan fingerprint density at radius 3 is 2.54 bits per heavy atom. The van der Waals surface area contributed by atoms with Gasteiger partial charge in [0.2, 0.25) is 10.0 Å². The molecule has 2 N–H and O–H groups in total. The van der Waals surface area contributed by atoms with E-state index in [4.69, 9.17) is 5.14 Å². The molecule has 1 rings (SSSR count). The molecule has 1 aromatic carbocycles. The fraction of sp³-hybridized carbons (Fsp3) is 0.250. The molecule has 13 heavy (non-hydrogen) atoms. The standard InChI is InChI=1S/C8H10FNO2S/c1-6(13(10,11)12)7-3-2-4-8(9)5-7/h2-6H,1H3,(H2,10,11,12). The fourth-order valence-electron chi connectivity index (χ4n) is 0.949. The summed E-state index contributed by atoms with van der Waals surface area (Å²) in [7, 11) is -3.64. The van der Waals surface area contributed by atoms with E-state index in [0.717, 1.165) is 6.07 Å². The summed E-state index contributed by atoms with van der Waals surface area (Å²) in [4.78, 5) is 0. The van der Waals surface area contributed by atoms with Crippen molar-refractivity contribution in [2.75, 3.05) is 0 Å². The largest absolute Gasteiger partial charge is 0.228 e. The molecule has 1 atom stereocenters. The van der Waals surface area contributed by atoms with E-state index < -0.39 is 21.1 Å². The molecule has 0 saturated heterocycles. The highest BCUT2D eigenvalue weighted by Gasteiger charge is 2.17. The zero-order valence-electron chi connectivity index (χ0n) is 7.07. The molecule has 5 heteroatoms. The molecule has 0 spiro atoms. The third kappa shape index (κ3) is 2.50. The van der Waals surface area contributed by atoms with Crippen molar-refractivity contribution in [3.8, 4) is 0 Å². The van der Waals surface area contributed by atoms with Gasteiger partial charge >= 0.3 is 0 Å². The Bertz CT molecular complexity index is 402. The minimum absolute atomic E-state index is 0.363. The van der Waals surface area contributed by atoms with E-state index in [1.54, 1.807) is 0 Å². The number of sulfonamides is 1. The lowest BCUT2D eigenvalue weighted by atomic mass is 10.2. The van der Waals surface area contributed by atoms with Gasteiger partial charge in [0.15, 0.2) is 0 Å². The molecule has 0 radical (unpaired) electrons. The molecule has 0 heterocycles. The summed E-state index contributed by atoms with van der Waals surface area (Å²) >= 11 is 0. The molecular formula is C8H10FNO2S. The minimum atomic E-state index is -3.64. The van der Waals surface area contributed by atoms with Crippen LogP contribution in [0.2, 0.25) is 0 Å². The average Bonchev–Trinajstić information content (AvgIpc) is 2.01. The van der Waals surface area contributed by atoms with Crippen LogP contribution in [0.4, 0.5) is 4.39 Å². The van der Waals surface area contributed by atoms with E-state index in [0.29, 0.717) is 5.56 Å². The van der Waals surface area contributed by atoms with Crippen LogP contribution in [0.3, 0.4) is 0 Å². The van der Waals surface area contributed by atoms with Crippen molar-refractivity contribution in [2.24, 2.45) is 5.14 Å². The predicted octanol–water partition coefficient (Wildman–Crippen LogP) is 1.18. The maximum Gasteiger partial charge on any atom is 0.215 e. The Labute approximate surface area is 76.4 Å². The third-order valence-electron chi connectivity index (χ3n) is 1.81. The van der Waals surface area contributed by atoms with Gasteiger partial charge in [0.25, 0.3) is 0 Å². The van der Waals surface area contributed by atoms with E-state index in [1.165, 1.54) is 25.1 Å². The highest BCUT2D eigenvalue weighted by Crippen LogP contribution is 2.19. The zero-order valence-corrected chi connectivity index (χ0v) is 7.88. The lowest BCUT2D eigenvalue weighted by Crippen LogP contribution is -2.19. The number of hydrogen-bond donors (Lipinski definition) is 1. The maximum absolute atomic E-state index is 12.7. The highest BCUT2D eigenvalue weighted by atomic mass is 32.2. The first-order valence-electron chi connectivity index (χ1n) is 3.68. The molecule has 0 aliphatic heterocycles. The average molecular weight is 203 g/mol. The first-order chi connectivity index (χ1) is 5.91. The van der Waals surface area contributed by atoms with Crippen LogP contribution in [0.15, 0.2) is 24.3 Å². The number of hydrogen-bond acceptors (Lipinski definition) is 2. The van der Waals surface area contributed by atoms with Gasteiger partial charge in [0, 0.05) is 0 Å². The van der Waals surface area contributed by atoms with Gasteiger partial charge in [-0.15, -0.1) is 0 Å². The topological polar surface area (TPSA) is 60.2 Å². The first-order valence-corrected chi connectivity index (χ1v) is 5.29. The highest BCUT2D eigenvalue weighted by molar-refractivity contribution is 7.89. The SMILES string of the molecule is CC(c1cccc(F)c1)S(N)(=O)=O. The van der Waals surface area contributed by atoms with E-state index in [9.17, 15) is 12.8 Å². The van der Waals surface area contributed by atoms with E-state index >= 15 is 0 Å². The van der Waals surface area contributed by atoms with Gasteiger partial charge in [0.05, 0.1) is 5.25 Å². The van der Waals surface area contributed by atoms with Crippen LogP contribution in [0.25, 0.3) is 0 Å². The van der Waals surface area contributed by atoms with Crippen LogP contribution in [-0.2, 0) is 10.0 Å². The molecule has 1 unspecified atom stereocenters. The second kappa shape index (κ2) is 3.43. The summed E-state index contributed by atoms with van der Waals surface area (Å²) in [5.74, 6) is -0.465. The van der Waals surface area contributed by atoms with E-state index in [1.807, 2.05) is 0 Å². The van der Waals surface area contributed by atoms with Crippen molar-refractivity contribution in [1.29, 1.82) is 0 Å². The van der Waals surface area contributed by atoms with Gasteiger partial charge < -0.3 is 0 Å². The van der Waals surface area contributed by atoms with Crippen molar-refractivity contribution < 1.29 is 12.8 Å². The van der Waals surface area contributed by atoms with Gasteiger partial charge in [-0.25, -0.2) is 17.9 Å². The molecule has 1 aromatic rings. The lowest BCUT2D eigenvalue weighted by Gasteiger charge is -2.08. The molecule has 72 valence electrons. The Morgan fingerprint density at radius 1 is 1.46 bits per heavy atom. The monoisotopic (exact) mass is 203 g/mol. The molecule has 0 aromatic heterocycles. The van der Waals surface area contributed by atoms with Crippen LogP contribution in [0.1, 0.15) is 17.7 Å². The molecular weight excluding hydrogens is 193 g/mol.